The number of carboxylic acid groups (broad SMARTS) is 2. The molecular weight excluding hydrogens is 506 g/mol. The summed E-state index contributed by atoms with van der Waals surface area (Å²) < 4.78 is 5.65. The van der Waals surface area contributed by atoms with Gasteiger partial charge in [0.25, 0.3) is 0 Å². The zero-order chi connectivity index (χ0) is 27.5. The second-order valence-electron chi connectivity index (χ2n) is 8.72. The number of thiocarbonyl (C=S) groups is 1. The molecule has 0 bridgehead atoms. The Morgan fingerprint density at radius 3 is 2.29 bits per heavy atom. The molecule has 0 unspecified atom stereocenters. The number of aliphatic carboxylic acids is 2. The number of benzene rings is 2. The van der Waals surface area contributed by atoms with E-state index in [0.29, 0.717) is 17.9 Å². The fraction of sp³-hybridized carbons (Fsp3) is 0.250. The van der Waals surface area contributed by atoms with Crippen LogP contribution in [-0.2, 0) is 33.8 Å². The van der Waals surface area contributed by atoms with Gasteiger partial charge in [-0.1, -0.05) is 60.7 Å². The van der Waals surface area contributed by atoms with Gasteiger partial charge in [0.2, 0.25) is 5.91 Å². The first kappa shape index (κ1) is 28.4. The molecule has 1 aliphatic heterocycles. The molecule has 0 radical (unpaired) electrons. The average Bonchev–Trinajstić information content (AvgIpc) is 3.32. The van der Waals surface area contributed by atoms with E-state index < -0.39 is 24.0 Å². The van der Waals surface area contributed by atoms with Crippen LogP contribution in [0.5, 0.6) is 5.75 Å². The quantitative estimate of drug-likeness (QED) is 0.352. The Hall–Kier alpha value is -4.15. The van der Waals surface area contributed by atoms with E-state index in [2.05, 4.69) is 4.98 Å². The Morgan fingerprint density at radius 2 is 1.68 bits per heavy atom. The van der Waals surface area contributed by atoms with E-state index in [1.165, 1.54) is 4.90 Å². The molecule has 9 nitrogen and oxygen atoms in total. The maximum absolute atomic E-state index is 12.1. The number of aromatic nitrogens is 1. The Kier molecular flexibility index (Phi) is 10.4. The average molecular weight is 536 g/mol. The van der Waals surface area contributed by atoms with E-state index in [0.717, 1.165) is 22.4 Å². The number of amides is 1. The highest BCUT2D eigenvalue weighted by Crippen LogP contribution is 2.18. The lowest BCUT2D eigenvalue weighted by Crippen LogP contribution is -2.41. The van der Waals surface area contributed by atoms with Crippen molar-refractivity contribution in [3.05, 3.63) is 95.8 Å². The van der Waals surface area contributed by atoms with Crippen LogP contribution < -0.4 is 10.5 Å². The van der Waals surface area contributed by atoms with Gasteiger partial charge in [0, 0.05) is 23.7 Å². The van der Waals surface area contributed by atoms with E-state index in [1.807, 2.05) is 54.6 Å². The zero-order valence-electron chi connectivity index (χ0n) is 20.6. The van der Waals surface area contributed by atoms with Crippen molar-refractivity contribution in [2.24, 2.45) is 5.73 Å². The summed E-state index contributed by atoms with van der Waals surface area (Å²) in [4.78, 5) is 39.6. The molecule has 0 spiro atoms. The molecule has 2 heterocycles. The molecule has 3 aromatic rings. The molecule has 0 aliphatic carbocycles. The third kappa shape index (κ3) is 8.75. The van der Waals surface area contributed by atoms with Gasteiger partial charge in [-0.15, -0.1) is 0 Å². The maximum atomic E-state index is 12.1. The minimum Gasteiger partial charge on any atom is -0.489 e. The van der Waals surface area contributed by atoms with E-state index in [4.69, 9.17) is 32.9 Å². The standard InChI is InChI=1S/C16H17NO3.C12H12N2O3S/c17-15(16(18)19)10-12-6-8-14(9-7-12)20-11-13-4-2-1-3-5-13;15-11(4-8-2-1-3-13-6-8)14-7-9(18)5-10(14)12(16)17/h1-9,15H,10-11,17H2,(H,18,19);1-3,6,10H,4-5,7H2,(H,16,17)/t15-;10-/m00/s1. The number of pyridine rings is 1. The Labute approximate surface area is 225 Å². The van der Waals surface area contributed by atoms with E-state index in [-0.39, 0.29) is 25.3 Å². The fourth-order valence-corrected chi connectivity index (χ4v) is 4.05. The first-order valence-corrected chi connectivity index (χ1v) is 12.3. The van der Waals surface area contributed by atoms with Crippen LogP contribution in [0.4, 0.5) is 0 Å². The summed E-state index contributed by atoms with van der Waals surface area (Å²) in [6, 6.07) is 19.1. The van der Waals surface area contributed by atoms with Crippen molar-refractivity contribution in [2.45, 2.75) is 38.0 Å². The fourth-order valence-electron chi connectivity index (χ4n) is 3.76. The number of rotatable bonds is 9. The van der Waals surface area contributed by atoms with Gasteiger partial charge in [-0.3, -0.25) is 14.6 Å². The largest absolute Gasteiger partial charge is 0.489 e. The maximum Gasteiger partial charge on any atom is 0.326 e. The number of hydrogen-bond acceptors (Lipinski definition) is 7. The Bertz CT molecular complexity index is 1240. The number of likely N-dealkylation sites (tertiary alicyclic amines) is 1. The van der Waals surface area contributed by atoms with Crippen LogP contribution in [0, 0.1) is 0 Å². The molecular formula is C28H29N3O6S. The van der Waals surface area contributed by atoms with Gasteiger partial charge in [0.15, 0.2) is 0 Å². The van der Waals surface area contributed by atoms with Crippen molar-refractivity contribution in [1.29, 1.82) is 0 Å². The lowest BCUT2D eigenvalue weighted by molar-refractivity contribution is -0.148. The topological polar surface area (TPSA) is 143 Å². The van der Waals surface area contributed by atoms with Gasteiger partial charge in [-0.05, 0) is 41.3 Å². The van der Waals surface area contributed by atoms with Crippen LogP contribution >= 0.6 is 12.2 Å². The second-order valence-corrected chi connectivity index (χ2v) is 9.30. The summed E-state index contributed by atoms with van der Waals surface area (Å²) in [5, 5.41) is 17.8. The summed E-state index contributed by atoms with van der Waals surface area (Å²) >= 11 is 5.01. The molecule has 2 aromatic carbocycles. The number of carbonyl (C=O) groups excluding carboxylic acids is 1. The monoisotopic (exact) mass is 535 g/mol. The summed E-state index contributed by atoms with van der Waals surface area (Å²) in [7, 11) is 0. The van der Waals surface area contributed by atoms with Gasteiger partial charge < -0.3 is 25.6 Å². The molecule has 1 aromatic heterocycles. The van der Waals surface area contributed by atoms with Crippen LogP contribution in [0.15, 0.2) is 79.1 Å². The third-order valence-corrected chi connectivity index (χ3v) is 6.07. The summed E-state index contributed by atoms with van der Waals surface area (Å²) in [5.41, 5.74) is 8.24. The van der Waals surface area contributed by atoms with E-state index >= 15 is 0 Å². The van der Waals surface area contributed by atoms with Crippen LogP contribution in [0.2, 0.25) is 0 Å². The Balaban J connectivity index is 0.000000212. The van der Waals surface area contributed by atoms with Crippen molar-refractivity contribution in [2.75, 3.05) is 6.54 Å². The number of ether oxygens (including phenoxy) is 1. The lowest BCUT2D eigenvalue weighted by atomic mass is 10.1. The van der Waals surface area contributed by atoms with Crippen LogP contribution in [0.1, 0.15) is 23.1 Å². The van der Waals surface area contributed by atoms with Gasteiger partial charge >= 0.3 is 11.9 Å². The highest BCUT2D eigenvalue weighted by molar-refractivity contribution is 7.80. The lowest BCUT2D eigenvalue weighted by Gasteiger charge is -2.20. The van der Waals surface area contributed by atoms with Gasteiger partial charge in [0.05, 0.1) is 13.0 Å². The summed E-state index contributed by atoms with van der Waals surface area (Å²) in [6.07, 6.45) is 3.96. The smallest absolute Gasteiger partial charge is 0.326 e. The molecule has 198 valence electrons. The number of carboxylic acids is 2. The molecule has 38 heavy (non-hydrogen) atoms. The van der Waals surface area contributed by atoms with Crippen LogP contribution in [-0.4, -0.2) is 61.4 Å². The molecule has 4 rings (SSSR count). The summed E-state index contributed by atoms with van der Waals surface area (Å²) in [6.45, 7) is 0.764. The van der Waals surface area contributed by atoms with Crippen molar-refractivity contribution < 1.29 is 29.3 Å². The highest BCUT2D eigenvalue weighted by atomic mass is 32.1. The molecule has 1 fully saturated rings. The van der Waals surface area contributed by atoms with Gasteiger partial charge in [0.1, 0.15) is 24.4 Å². The molecule has 4 N–H and O–H groups in total. The number of nitrogens with zero attached hydrogens (tertiary/aromatic N) is 2. The van der Waals surface area contributed by atoms with Crippen LogP contribution in [0.25, 0.3) is 0 Å². The third-order valence-electron chi connectivity index (χ3n) is 5.77. The minimum absolute atomic E-state index is 0.153. The first-order valence-electron chi connectivity index (χ1n) is 11.9. The first-order chi connectivity index (χ1) is 18.2. The molecule has 1 aliphatic rings. The SMILES string of the molecule is N[C@@H](Cc1ccc(OCc2ccccc2)cc1)C(=O)O.O=C(O)[C@@H]1CC(=S)CN1C(=O)Cc1cccnc1. The van der Waals surface area contributed by atoms with E-state index in [1.54, 1.807) is 24.5 Å². The van der Waals surface area contributed by atoms with Gasteiger partial charge in [-0.25, -0.2) is 4.79 Å². The number of carbonyl (C=O) groups is 3. The zero-order valence-corrected chi connectivity index (χ0v) is 21.4. The van der Waals surface area contributed by atoms with Crippen molar-refractivity contribution in [3.8, 4) is 5.75 Å². The van der Waals surface area contributed by atoms with Gasteiger partial charge in [-0.2, -0.15) is 0 Å². The van der Waals surface area contributed by atoms with Crippen molar-refractivity contribution in [3.63, 3.8) is 0 Å². The Morgan fingerprint density at radius 1 is 1.00 bits per heavy atom. The molecule has 0 saturated carbocycles. The normalized spacial score (nSPS) is 15.2. The number of nitrogens with two attached hydrogens (primary N) is 1. The molecule has 1 amide bonds. The molecule has 10 heteroatoms. The second kappa shape index (κ2) is 14.0. The number of hydrogen-bond donors (Lipinski definition) is 3. The van der Waals surface area contributed by atoms with Crippen molar-refractivity contribution >= 4 is 34.9 Å². The van der Waals surface area contributed by atoms with Crippen LogP contribution in [0.3, 0.4) is 0 Å². The predicted octanol–water partition coefficient (Wildman–Crippen LogP) is 2.90. The summed E-state index contributed by atoms with van der Waals surface area (Å²) in [5.74, 6) is -1.47. The highest BCUT2D eigenvalue weighted by Gasteiger charge is 2.36. The van der Waals surface area contributed by atoms with E-state index in [9.17, 15) is 14.4 Å². The van der Waals surface area contributed by atoms with Crippen molar-refractivity contribution in [1.82, 2.24) is 9.88 Å². The molecule has 2 atom stereocenters. The predicted molar refractivity (Wildman–Crippen MR) is 145 cm³/mol. The molecule has 1 saturated heterocycles. The minimum atomic E-state index is -1.01.